The summed E-state index contributed by atoms with van der Waals surface area (Å²) in [6, 6.07) is 0. The molecule has 0 aromatic rings. The largest absolute Gasteiger partial charge is 0.369 e. The van der Waals surface area contributed by atoms with Gasteiger partial charge < -0.3 is 19.5 Å². The lowest BCUT2D eigenvalue weighted by molar-refractivity contribution is -0.303. The topological polar surface area (TPSA) is 56.8 Å². The van der Waals surface area contributed by atoms with Crippen molar-refractivity contribution in [2.24, 2.45) is 28.6 Å². The highest BCUT2D eigenvalue weighted by molar-refractivity contribution is 5.72. The van der Waals surface area contributed by atoms with Crippen LogP contribution in [0.15, 0.2) is 23.8 Å². The maximum Gasteiger partial charge on any atom is 0.216 e. The van der Waals surface area contributed by atoms with E-state index in [-0.39, 0.29) is 29.8 Å². The van der Waals surface area contributed by atoms with Gasteiger partial charge in [0.15, 0.2) is 6.29 Å². The summed E-state index contributed by atoms with van der Waals surface area (Å²) in [6.07, 6.45) is 10.6. The Morgan fingerprint density at radius 1 is 1.23 bits per heavy atom. The number of carbonyl (C=O) groups is 1. The van der Waals surface area contributed by atoms with Gasteiger partial charge in [-0.15, -0.1) is 0 Å². The molecular formula is C26H39NO4. The van der Waals surface area contributed by atoms with Crippen LogP contribution < -0.4 is 5.32 Å². The summed E-state index contributed by atoms with van der Waals surface area (Å²) in [7, 11) is 0. The molecule has 2 saturated carbocycles. The molecule has 2 heterocycles. The van der Waals surface area contributed by atoms with E-state index in [1.54, 1.807) is 12.5 Å². The van der Waals surface area contributed by atoms with Crippen molar-refractivity contribution in [3.05, 3.63) is 23.8 Å². The zero-order valence-corrected chi connectivity index (χ0v) is 19.5. The maximum absolute atomic E-state index is 11.1. The molecule has 8 atom stereocenters. The Hall–Kier alpha value is -1.17. The van der Waals surface area contributed by atoms with Crippen molar-refractivity contribution in [2.75, 3.05) is 19.8 Å². The summed E-state index contributed by atoms with van der Waals surface area (Å²) in [5.41, 5.74) is 3.22. The molecule has 5 aliphatic rings. The van der Waals surface area contributed by atoms with Crippen molar-refractivity contribution in [2.45, 2.75) is 84.2 Å². The molecule has 5 nitrogen and oxygen atoms in total. The quantitative estimate of drug-likeness (QED) is 0.532. The Kier molecular flexibility index (Phi) is 5.59. The van der Waals surface area contributed by atoms with Crippen LogP contribution in [0.1, 0.15) is 65.7 Å². The average molecular weight is 430 g/mol. The molecule has 31 heavy (non-hydrogen) atoms. The van der Waals surface area contributed by atoms with Crippen LogP contribution in [-0.2, 0) is 19.0 Å². The molecule has 0 bridgehead atoms. The molecule has 2 aliphatic heterocycles. The summed E-state index contributed by atoms with van der Waals surface area (Å²) < 4.78 is 19.0. The number of allylic oxidation sites excluding steroid dienone is 1. The Morgan fingerprint density at radius 3 is 2.87 bits per heavy atom. The first-order valence-electron chi connectivity index (χ1n) is 12.3. The third kappa shape index (κ3) is 3.52. The van der Waals surface area contributed by atoms with Crippen LogP contribution >= 0.6 is 0 Å². The number of rotatable bonds is 4. The first-order chi connectivity index (χ1) is 14.8. The van der Waals surface area contributed by atoms with Crippen LogP contribution in [-0.4, -0.2) is 44.2 Å². The molecule has 4 fully saturated rings. The van der Waals surface area contributed by atoms with Crippen LogP contribution in [0.3, 0.4) is 0 Å². The normalized spacial score (nSPS) is 46.3. The van der Waals surface area contributed by atoms with Crippen molar-refractivity contribution < 1.29 is 19.0 Å². The molecule has 0 aromatic carbocycles. The van der Waals surface area contributed by atoms with Gasteiger partial charge in [-0.3, -0.25) is 4.79 Å². The van der Waals surface area contributed by atoms with Gasteiger partial charge in [-0.1, -0.05) is 26.5 Å². The molecule has 172 valence electrons. The van der Waals surface area contributed by atoms with Gasteiger partial charge in [-0.25, -0.2) is 0 Å². The van der Waals surface area contributed by atoms with E-state index < -0.39 is 0 Å². The Balaban J connectivity index is 1.29. The minimum Gasteiger partial charge on any atom is -0.369 e. The molecule has 0 radical (unpaired) electrons. The predicted octanol–water partition coefficient (Wildman–Crippen LogP) is 4.38. The van der Waals surface area contributed by atoms with Crippen molar-refractivity contribution >= 4 is 5.91 Å². The average Bonchev–Trinajstić information content (AvgIpc) is 3.12. The van der Waals surface area contributed by atoms with Gasteiger partial charge in [0.25, 0.3) is 0 Å². The highest BCUT2D eigenvalue weighted by Gasteiger charge is 2.61. The van der Waals surface area contributed by atoms with Crippen LogP contribution in [0.2, 0.25) is 0 Å². The minimum atomic E-state index is -0.140. The third-order valence-electron chi connectivity index (χ3n) is 9.38. The predicted molar refractivity (Wildman–Crippen MR) is 119 cm³/mol. The second-order valence-electron chi connectivity index (χ2n) is 11.2. The number of carbonyl (C=O) groups excluding carboxylic acids is 1. The molecule has 3 aliphatic carbocycles. The highest BCUT2D eigenvalue weighted by Crippen LogP contribution is 2.64. The van der Waals surface area contributed by atoms with E-state index >= 15 is 0 Å². The minimum absolute atomic E-state index is 0.0238. The Morgan fingerprint density at radius 2 is 2.06 bits per heavy atom. The van der Waals surface area contributed by atoms with Gasteiger partial charge in [0.2, 0.25) is 5.91 Å². The number of fused-ring (bicyclic) bond motifs is 7. The Bertz CT molecular complexity index is 777. The summed E-state index contributed by atoms with van der Waals surface area (Å²) >= 11 is 0. The molecule has 0 spiro atoms. The number of nitrogens with one attached hydrogen (secondary N) is 1. The van der Waals surface area contributed by atoms with E-state index in [1.165, 1.54) is 24.8 Å². The zero-order valence-electron chi connectivity index (χ0n) is 19.5. The SMILES string of the molecule is C=C1CO[C@H]2C3=CC[C@@H]4[C@](C)(CC[C@H]5O[C@@H](CCCNC(C)=O)OC[C@]45C)[C@H]3CC[C@H]12. The summed E-state index contributed by atoms with van der Waals surface area (Å²) in [4.78, 5) is 11.1. The van der Waals surface area contributed by atoms with Gasteiger partial charge >= 0.3 is 0 Å². The first-order valence-corrected chi connectivity index (χ1v) is 12.3. The molecule has 1 N–H and O–H groups in total. The first kappa shape index (κ1) is 21.7. The van der Waals surface area contributed by atoms with Gasteiger partial charge in [0, 0.05) is 31.2 Å². The summed E-state index contributed by atoms with van der Waals surface area (Å²) in [5, 5.41) is 2.86. The second kappa shape index (κ2) is 8.00. The van der Waals surface area contributed by atoms with E-state index in [0.717, 1.165) is 38.9 Å². The molecular weight excluding hydrogens is 390 g/mol. The number of hydrogen-bond acceptors (Lipinski definition) is 4. The second-order valence-corrected chi connectivity index (χ2v) is 11.2. The molecule has 0 unspecified atom stereocenters. The third-order valence-corrected chi connectivity index (χ3v) is 9.38. The van der Waals surface area contributed by atoms with Gasteiger partial charge in [0.05, 0.1) is 25.4 Å². The Labute approximate surface area is 187 Å². The molecule has 0 aromatic heterocycles. The summed E-state index contributed by atoms with van der Waals surface area (Å²) in [6.45, 7) is 13.0. The molecule has 2 saturated heterocycles. The lowest BCUT2D eigenvalue weighted by atomic mass is 9.45. The van der Waals surface area contributed by atoms with Crippen molar-refractivity contribution in [1.29, 1.82) is 0 Å². The van der Waals surface area contributed by atoms with E-state index in [0.29, 0.717) is 29.7 Å². The maximum atomic E-state index is 11.1. The lowest BCUT2D eigenvalue weighted by Gasteiger charge is -2.63. The zero-order chi connectivity index (χ0) is 21.8. The van der Waals surface area contributed by atoms with Crippen molar-refractivity contribution in [3.8, 4) is 0 Å². The number of amides is 1. The van der Waals surface area contributed by atoms with E-state index in [2.05, 4.69) is 31.8 Å². The fraction of sp³-hybridized carbons (Fsp3) is 0.808. The van der Waals surface area contributed by atoms with Crippen molar-refractivity contribution in [3.63, 3.8) is 0 Å². The highest BCUT2D eigenvalue weighted by atomic mass is 16.7. The van der Waals surface area contributed by atoms with Crippen LogP contribution in [0.4, 0.5) is 0 Å². The number of ether oxygens (including phenoxy) is 3. The van der Waals surface area contributed by atoms with Crippen LogP contribution in [0.5, 0.6) is 0 Å². The fourth-order valence-electron chi connectivity index (χ4n) is 7.73. The molecule has 5 heteroatoms. The van der Waals surface area contributed by atoms with Crippen LogP contribution in [0, 0.1) is 28.6 Å². The molecule has 5 rings (SSSR count). The van der Waals surface area contributed by atoms with Gasteiger partial charge in [-0.05, 0) is 66.9 Å². The van der Waals surface area contributed by atoms with E-state index in [1.807, 2.05) is 0 Å². The lowest BCUT2D eigenvalue weighted by Crippen LogP contribution is -2.61. The van der Waals surface area contributed by atoms with Crippen LogP contribution in [0.25, 0.3) is 0 Å². The molecule has 1 amide bonds. The van der Waals surface area contributed by atoms with E-state index in [9.17, 15) is 4.79 Å². The van der Waals surface area contributed by atoms with Gasteiger partial charge in [0.1, 0.15) is 0 Å². The monoisotopic (exact) mass is 429 g/mol. The standard InChI is InChI=1S/C26H39NO4/c1-16-14-29-24-18(16)7-9-20-19(24)8-10-21-25(20,3)12-11-22-26(21,4)15-30-23(31-22)6-5-13-27-17(2)28/h8,18,20-24H,1,5-7,9-15H2,2-4H3,(H,27,28)/t18-,20+,21-,22-,23+,24-,25-,26-/m1/s1. The smallest absolute Gasteiger partial charge is 0.216 e. The van der Waals surface area contributed by atoms with Crippen molar-refractivity contribution in [1.82, 2.24) is 5.32 Å². The number of hydrogen-bond donors (Lipinski definition) is 1. The fourth-order valence-corrected chi connectivity index (χ4v) is 7.73. The van der Waals surface area contributed by atoms with Gasteiger partial charge in [-0.2, -0.15) is 0 Å². The van der Waals surface area contributed by atoms with E-state index in [4.69, 9.17) is 14.2 Å². The summed E-state index contributed by atoms with van der Waals surface area (Å²) in [5.74, 6) is 1.76.